The summed E-state index contributed by atoms with van der Waals surface area (Å²) in [5.41, 5.74) is 0.168. The molecular weight excluding hydrogens is 364 g/mol. The van der Waals surface area contributed by atoms with Gasteiger partial charge in [0, 0.05) is 7.05 Å². The Bertz CT molecular complexity index is 809. The maximum atomic E-state index is 12.4. The van der Waals surface area contributed by atoms with Gasteiger partial charge in [-0.3, -0.25) is 10.1 Å². The first kappa shape index (κ1) is 20.8. The second-order valence-corrected chi connectivity index (χ2v) is 5.62. The number of benzene rings is 2. The monoisotopic (exact) mass is 386 g/mol. The molecule has 148 valence electrons. The van der Waals surface area contributed by atoms with Crippen LogP contribution < -0.4 is 20.1 Å². The first-order chi connectivity index (χ1) is 13.5. The highest BCUT2D eigenvalue weighted by atomic mass is 16.6. The Morgan fingerprint density at radius 1 is 0.929 bits per heavy atom. The zero-order valence-corrected chi connectivity index (χ0v) is 15.6. The van der Waals surface area contributed by atoms with Crippen LogP contribution >= 0.6 is 0 Å². The van der Waals surface area contributed by atoms with Crippen molar-refractivity contribution in [2.45, 2.75) is 13.0 Å². The smallest absolute Gasteiger partial charge is 0.342 e. The number of urea groups is 1. The van der Waals surface area contributed by atoms with Crippen LogP contribution in [0.2, 0.25) is 0 Å². The molecule has 0 radical (unpaired) electrons. The number of imide groups is 1. The third-order valence-electron chi connectivity index (χ3n) is 3.58. The summed E-state index contributed by atoms with van der Waals surface area (Å²) >= 11 is 0. The van der Waals surface area contributed by atoms with Gasteiger partial charge in [0.05, 0.1) is 0 Å². The number of rotatable bonds is 8. The summed E-state index contributed by atoms with van der Waals surface area (Å²) in [6.07, 6.45) is -1.15. The highest BCUT2D eigenvalue weighted by Gasteiger charge is 2.22. The van der Waals surface area contributed by atoms with Gasteiger partial charge in [-0.2, -0.15) is 0 Å². The van der Waals surface area contributed by atoms with Crippen LogP contribution in [0, 0.1) is 0 Å². The first-order valence-corrected chi connectivity index (χ1v) is 8.64. The van der Waals surface area contributed by atoms with Crippen LogP contribution in [0.15, 0.2) is 54.6 Å². The second kappa shape index (κ2) is 10.6. The molecule has 3 amide bonds. The Morgan fingerprint density at radius 3 is 2.29 bits per heavy atom. The van der Waals surface area contributed by atoms with Gasteiger partial charge in [-0.15, -0.1) is 0 Å². The van der Waals surface area contributed by atoms with Crippen LogP contribution in [0.3, 0.4) is 0 Å². The van der Waals surface area contributed by atoms with Crippen molar-refractivity contribution in [2.24, 2.45) is 0 Å². The number of ether oxygens (including phenoxy) is 3. The average molecular weight is 386 g/mol. The summed E-state index contributed by atoms with van der Waals surface area (Å²) in [6.45, 7) is 1.87. The van der Waals surface area contributed by atoms with Crippen molar-refractivity contribution in [1.29, 1.82) is 0 Å². The van der Waals surface area contributed by atoms with Crippen LogP contribution in [0.1, 0.15) is 17.3 Å². The highest BCUT2D eigenvalue weighted by molar-refractivity contribution is 5.99. The van der Waals surface area contributed by atoms with Crippen molar-refractivity contribution >= 4 is 17.9 Å². The molecule has 0 aliphatic rings. The minimum atomic E-state index is -1.15. The zero-order valence-electron chi connectivity index (χ0n) is 15.6. The molecule has 0 aliphatic heterocycles. The first-order valence-electron chi connectivity index (χ1n) is 8.64. The summed E-state index contributed by atoms with van der Waals surface area (Å²) in [4.78, 5) is 35.4. The molecule has 0 heterocycles. The second-order valence-electron chi connectivity index (χ2n) is 5.62. The highest BCUT2D eigenvalue weighted by Crippen LogP contribution is 2.20. The quantitative estimate of drug-likeness (QED) is 0.532. The van der Waals surface area contributed by atoms with Crippen molar-refractivity contribution in [3.05, 3.63) is 60.2 Å². The number of hydrogen-bond donors (Lipinski definition) is 2. The maximum Gasteiger partial charge on any atom is 0.342 e. The fraction of sp³-hybridized carbons (Fsp3) is 0.250. The molecule has 0 spiro atoms. The van der Waals surface area contributed by atoms with E-state index in [4.69, 9.17) is 14.2 Å². The molecule has 2 aromatic rings. The lowest BCUT2D eigenvalue weighted by atomic mass is 10.2. The Kier molecular flexibility index (Phi) is 7.83. The molecule has 2 N–H and O–H groups in total. The van der Waals surface area contributed by atoms with E-state index < -0.39 is 24.0 Å². The van der Waals surface area contributed by atoms with E-state index in [-0.39, 0.29) is 12.2 Å². The maximum absolute atomic E-state index is 12.4. The van der Waals surface area contributed by atoms with E-state index in [9.17, 15) is 14.4 Å². The van der Waals surface area contributed by atoms with Gasteiger partial charge in [0.25, 0.3) is 5.91 Å². The van der Waals surface area contributed by atoms with E-state index in [1.807, 2.05) is 35.6 Å². The van der Waals surface area contributed by atoms with Gasteiger partial charge in [-0.1, -0.05) is 30.3 Å². The summed E-state index contributed by atoms with van der Waals surface area (Å²) in [5.74, 6) is -0.445. The minimum Gasteiger partial charge on any atom is -0.490 e. The summed E-state index contributed by atoms with van der Waals surface area (Å²) in [6, 6.07) is 15.1. The molecule has 2 aromatic carbocycles. The average Bonchev–Trinajstić information content (AvgIpc) is 2.72. The molecule has 0 aliphatic carbocycles. The lowest BCUT2D eigenvalue weighted by Crippen LogP contribution is -2.43. The van der Waals surface area contributed by atoms with Crippen LogP contribution in [0.25, 0.3) is 0 Å². The Hall–Kier alpha value is -3.55. The van der Waals surface area contributed by atoms with Gasteiger partial charge in [0.2, 0.25) is 0 Å². The molecule has 0 unspecified atom stereocenters. The summed E-state index contributed by atoms with van der Waals surface area (Å²) in [5, 5.41) is 4.29. The number of esters is 1. The molecule has 2 rings (SSSR count). The largest absolute Gasteiger partial charge is 0.490 e. The predicted molar refractivity (Wildman–Crippen MR) is 101 cm³/mol. The van der Waals surface area contributed by atoms with E-state index in [1.54, 1.807) is 18.2 Å². The van der Waals surface area contributed by atoms with Gasteiger partial charge in [0.1, 0.15) is 30.3 Å². The fourth-order valence-corrected chi connectivity index (χ4v) is 2.14. The minimum absolute atomic E-state index is 0.168. The fourth-order valence-electron chi connectivity index (χ4n) is 2.14. The third-order valence-corrected chi connectivity index (χ3v) is 3.58. The van der Waals surface area contributed by atoms with Gasteiger partial charge in [-0.05, 0) is 31.2 Å². The number of hydrogen-bond acceptors (Lipinski definition) is 6. The van der Waals surface area contributed by atoms with Gasteiger partial charge >= 0.3 is 12.0 Å². The number of nitrogens with one attached hydrogen (secondary N) is 2. The van der Waals surface area contributed by atoms with Crippen molar-refractivity contribution in [2.75, 3.05) is 20.3 Å². The molecule has 8 nitrogen and oxygen atoms in total. The lowest BCUT2D eigenvalue weighted by molar-refractivity contribution is -0.127. The molecule has 28 heavy (non-hydrogen) atoms. The van der Waals surface area contributed by atoms with E-state index in [1.165, 1.54) is 20.0 Å². The van der Waals surface area contributed by atoms with Gasteiger partial charge < -0.3 is 19.5 Å². The molecule has 0 fully saturated rings. The van der Waals surface area contributed by atoms with Crippen molar-refractivity contribution in [3.8, 4) is 11.5 Å². The third kappa shape index (κ3) is 6.31. The van der Waals surface area contributed by atoms with E-state index in [0.717, 1.165) is 5.75 Å². The van der Waals surface area contributed by atoms with E-state index in [2.05, 4.69) is 5.32 Å². The van der Waals surface area contributed by atoms with Gasteiger partial charge in [-0.25, -0.2) is 9.59 Å². The Morgan fingerprint density at radius 2 is 1.57 bits per heavy atom. The normalized spacial score (nSPS) is 11.1. The van der Waals surface area contributed by atoms with Crippen LogP contribution in [-0.4, -0.2) is 44.3 Å². The number of carbonyl (C=O) groups excluding carboxylic acids is 3. The van der Waals surface area contributed by atoms with Gasteiger partial charge in [0.15, 0.2) is 6.10 Å². The molecule has 0 saturated heterocycles. The molecular formula is C20H22N2O6. The number of para-hydroxylation sites is 2. The van der Waals surface area contributed by atoms with E-state index in [0.29, 0.717) is 12.4 Å². The van der Waals surface area contributed by atoms with Crippen LogP contribution in [-0.2, 0) is 9.53 Å². The molecule has 1 atom stereocenters. The molecule has 0 bridgehead atoms. The topological polar surface area (TPSA) is 103 Å². The molecule has 0 saturated carbocycles. The van der Waals surface area contributed by atoms with E-state index >= 15 is 0 Å². The van der Waals surface area contributed by atoms with Crippen LogP contribution in [0.5, 0.6) is 11.5 Å². The Labute approximate surface area is 162 Å². The van der Waals surface area contributed by atoms with Crippen molar-refractivity contribution in [3.63, 3.8) is 0 Å². The van der Waals surface area contributed by atoms with Crippen LogP contribution in [0.4, 0.5) is 4.79 Å². The zero-order chi connectivity index (χ0) is 20.4. The lowest BCUT2D eigenvalue weighted by Gasteiger charge is -2.15. The number of amides is 3. The Balaban J connectivity index is 1.90. The predicted octanol–water partition coefficient (Wildman–Crippen LogP) is 2.15. The van der Waals surface area contributed by atoms with Crippen molar-refractivity contribution in [1.82, 2.24) is 10.6 Å². The number of carbonyl (C=O) groups is 3. The summed E-state index contributed by atoms with van der Waals surface area (Å²) in [7, 11) is 1.37. The standard InChI is InChI=1S/C20H22N2O6/c1-14(18(23)22-20(25)21-2)28-19(24)16-10-6-7-11-17(16)27-13-12-26-15-8-4-3-5-9-15/h3-11,14H,12-13H2,1-2H3,(H2,21,22,23,25)/t14-/m0/s1. The molecule has 8 heteroatoms. The summed E-state index contributed by atoms with van der Waals surface area (Å²) < 4.78 is 16.3. The van der Waals surface area contributed by atoms with Crippen molar-refractivity contribution < 1.29 is 28.6 Å². The molecule has 0 aromatic heterocycles. The SMILES string of the molecule is CNC(=O)NC(=O)[C@H](C)OC(=O)c1ccccc1OCCOc1ccccc1.